The van der Waals surface area contributed by atoms with Gasteiger partial charge in [-0.3, -0.25) is 0 Å². The molecule has 2 aromatic carbocycles. The molecule has 2 aromatic rings. The molecule has 5 heteroatoms. The Labute approximate surface area is 116 Å². The molecular weight excluding hydrogens is 351 g/mol. The summed E-state index contributed by atoms with van der Waals surface area (Å²) in [5, 5.41) is 8.63. The molecule has 0 atom stereocenters. The van der Waals surface area contributed by atoms with E-state index in [1.807, 2.05) is 28.7 Å². The van der Waals surface area contributed by atoms with Gasteiger partial charge in [-0.15, -0.1) is 0 Å². The predicted octanol–water partition coefficient (Wildman–Crippen LogP) is 4.23. The van der Waals surface area contributed by atoms with Crippen molar-refractivity contribution in [1.82, 2.24) is 0 Å². The third-order valence-corrected chi connectivity index (χ3v) is 2.79. The summed E-state index contributed by atoms with van der Waals surface area (Å²) in [6.45, 7) is 0. The number of halogens is 3. The van der Waals surface area contributed by atoms with E-state index in [0.717, 1.165) is 0 Å². The standard InChI is InChI=1S/C13H6F2INO/c14-11-5-9(16)6-12(15)13(11)18-10-3-1-8(7-17)2-4-10/h1-6H. The zero-order valence-electron chi connectivity index (χ0n) is 8.95. The van der Waals surface area contributed by atoms with E-state index in [0.29, 0.717) is 9.13 Å². The van der Waals surface area contributed by atoms with Crippen LogP contribution in [0.15, 0.2) is 36.4 Å². The fraction of sp³-hybridized carbons (Fsp3) is 0. The van der Waals surface area contributed by atoms with Crippen LogP contribution in [-0.4, -0.2) is 0 Å². The van der Waals surface area contributed by atoms with E-state index in [1.54, 1.807) is 0 Å². The maximum atomic E-state index is 13.5. The van der Waals surface area contributed by atoms with Crippen LogP contribution in [0, 0.1) is 26.5 Å². The second-order valence-electron chi connectivity index (χ2n) is 3.44. The number of nitriles is 1. The normalized spacial score (nSPS) is 9.89. The molecule has 0 unspecified atom stereocenters. The molecule has 18 heavy (non-hydrogen) atoms. The lowest BCUT2D eigenvalue weighted by molar-refractivity contribution is 0.407. The Morgan fingerprint density at radius 3 is 2.11 bits per heavy atom. The molecule has 0 spiro atoms. The summed E-state index contributed by atoms with van der Waals surface area (Å²) < 4.78 is 32.6. The average Bonchev–Trinajstić information content (AvgIpc) is 2.34. The van der Waals surface area contributed by atoms with E-state index in [-0.39, 0.29) is 5.75 Å². The summed E-state index contributed by atoms with van der Waals surface area (Å²) in [5.74, 6) is -1.69. The van der Waals surface area contributed by atoms with E-state index in [4.69, 9.17) is 10.00 Å². The van der Waals surface area contributed by atoms with Crippen LogP contribution in [0.1, 0.15) is 5.56 Å². The Balaban J connectivity index is 2.31. The Morgan fingerprint density at radius 2 is 1.61 bits per heavy atom. The molecule has 0 bridgehead atoms. The maximum absolute atomic E-state index is 13.5. The van der Waals surface area contributed by atoms with Crippen LogP contribution in [0.2, 0.25) is 0 Å². The molecule has 2 nitrogen and oxygen atoms in total. The third kappa shape index (κ3) is 2.76. The molecule has 0 amide bonds. The molecule has 0 heterocycles. The van der Waals surface area contributed by atoms with Crippen molar-refractivity contribution in [2.45, 2.75) is 0 Å². The van der Waals surface area contributed by atoms with Gasteiger partial charge in [0.25, 0.3) is 0 Å². The quantitative estimate of drug-likeness (QED) is 0.754. The molecule has 0 aliphatic rings. The second kappa shape index (κ2) is 5.31. The molecule has 0 aliphatic heterocycles. The first kappa shape index (κ1) is 12.8. The molecule has 0 saturated carbocycles. The molecular formula is C13H6F2INO. The van der Waals surface area contributed by atoms with Gasteiger partial charge in [0.05, 0.1) is 11.6 Å². The summed E-state index contributed by atoms with van der Waals surface area (Å²) in [5.41, 5.74) is 0.450. The van der Waals surface area contributed by atoms with Crippen LogP contribution in [-0.2, 0) is 0 Å². The highest BCUT2D eigenvalue weighted by molar-refractivity contribution is 14.1. The van der Waals surface area contributed by atoms with E-state index < -0.39 is 17.4 Å². The van der Waals surface area contributed by atoms with Crippen LogP contribution in [0.3, 0.4) is 0 Å². The number of hydrogen-bond acceptors (Lipinski definition) is 2. The van der Waals surface area contributed by atoms with Crippen molar-refractivity contribution in [2.24, 2.45) is 0 Å². The molecule has 0 aromatic heterocycles. The van der Waals surface area contributed by atoms with E-state index >= 15 is 0 Å². The van der Waals surface area contributed by atoms with Crippen LogP contribution >= 0.6 is 22.6 Å². The van der Waals surface area contributed by atoms with Gasteiger partial charge >= 0.3 is 0 Å². The van der Waals surface area contributed by atoms with Gasteiger partial charge < -0.3 is 4.74 Å². The summed E-state index contributed by atoms with van der Waals surface area (Å²) in [7, 11) is 0. The van der Waals surface area contributed by atoms with Crippen LogP contribution in [0.25, 0.3) is 0 Å². The summed E-state index contributed by atoms with van der Waals surface area (Å²) >= 11 is 1.82. The summed E-state index contributed by atoms with van der Waals surface area (Å²) in [4.78, 5) is 0. The number of benzene rings is 2. The molecule has 0 fully saturated rings. The average molecular weight is 357 g/mol. The number of nitrogens with zero attached hydrogens (tertiary/aromatic N) is 1. The van der Waals surface area contributed by atoms with E-state index in [2.05, 4.69) is 0 Å². The van der Waals surface area contributed by atoms with Crippen LogP contribution < -0.4 is 4.74 Å². The fourth-order valence-electron chi connectivity index (χ4n) is 1.34. The third-order valence-electron chi connectivity index (χ3n) is 2.17. The monoisotopic (exact) mass is 357 g/mol. The molecule has 0 radical (unpaired) electrons. The number of ether oxygens (including phenoxy) is 1. The maximum Gasteiger partial charge on any atom is 0.198 e. The van der Waals surface area contributed by atoms with Gasteiger partial charge in [-0.1, -0.05) is 0 Å². The molecule has 90 valence electrons. The van der Waals surface area contributed by atoms with Crippen molar-refractivity contribution >= 4 is 22.6 Å². The van der Waals surface area contributed by atoms with Crippen molar-refractivity contribution in [2.75, 3.05) is 0 Å². The lowest BCUT2D eigenvalue weighted by atomic mass is 10.2. The Morgan fingerprint density at radius 1 is 1.06 bits per heavy atom. The first-order valence-corrected chi connectivity index (χ1v) is 6.00. The molecule has 0 saturated heterocycles. The summed E-state index contributed by atoms with van der Waals surface area (Å²) in [6.07, 6.45) is 0. The van der Waals surface area contributed by atoms with Gasteiger partial charge in [0.2, 0.25) is 0 Å². The summed E-state index contributed by atoms with van der Waals surface area (Å²) in [6, 6.07) is 10.3. The highest BCUT2D eigenvalue weighted by Crippen LogP contribution is 2.29. The van der Waals surface area contributed by atoms with Gasteiger partial charge in [-0.05, 0) is 59.0 Å². The van der Waals surface area contributed by atoms with E-state index in [1.165, 1.54) is 36.4 Å². The highest BCUT2D eigenvalue weighted by atomic mass is 127. The minimum Gasteiger partial charge on any atom is -0.451 e. The SMILES string of the molecule is N#Cc1ccc(Oc2c(F)cc(I)cc2F)cc1. The zero-order valence-corrected chi connectivity index (χ0v) is 11.1. The van der Waals surface area contributed by atoms with Gasteiger partial charge in [0.1, 0.15) is 5.75 Å². The van der Waals surface area contributed by atoms with Gasteiger partial charge in [0.15, 0.2) is 17.4 Å². The Hall–Kier alpha value is -1.68. The second-order valence-corrected chi connectivity index (χ2v) is 4.68. The lowest BCUT2D eigenvalue weighted by Crippen LogP contribution is -1.93. The minimum absolute atomic E-state index is 0.271. The van der Waals surface area contributed by atoms with Crippen molar-refractivity contribution in [3.63, 3.8) is 0 Å². The molecule has 2 rings (SSSR count). The Kier molecular flexibility index (Phi) is 3.77. The van der Waals surface area contributed by atoms with Gasteiger partial charge in [0, 0.05) is 3.57 Å². The van der Waals surface area contributed by atoms with Gasteiger partial charge in [-0.2, -0.15) is 5.26 Å². The molecule has 0 aliphatic carbocycles. The lowest BCUT2D eigenvalue weighted by Gasteiger charge is -2.08. The first-order valence-electron chi connectivity index (χ1n) is 4.92. The van der Waals surface area contributed by atoms with Crippen molar-refractivity contribution in [3.8, 4) is 17.6 Å². The minimum atomic E-state index is -0.760. The fourth-order valence-corrected chi connectivity index (χ4v) is 1.89. The van der Waals surface area contributed by atoms with Crippen molar-refractivity contribution < 1.29 is 13.5 Å². The van der Waals surface area contributed by atoms with Crippen molar-refractivity contribution in [1.29, 1.82) is 5.26 Å². The highest BCUT2D eigenvalue weighted by Gasteiger charge is 2.12. The largest absolute Gasteiger partial charge is 0.451 e. The van der Waals surface area contributed by atoms with Crippen LogP contribution in [0.4, 0.5) is 8.78 Å². The predicted molar refractivity (Wildman–Crippen MR) is 70.3 cm³/mol. The van der Waals surface area contributed by atoms with E-state index in [9.17, 15) is 8.78 Å². The van der Waals surface area contributed by atoms with Crippen LogP contribution in [0.5, 0.6) is 11.5 Å². The number of hydrogen-bond donors (Lipinski definition) is 0. The Bertz CT molecular complexity index is 597. The molecule has 0 N–H and O–H groups in total. The topological polar surface area (TPSA) is 33.0 Å². The first-order chi connectivity index (χ1) is 8.60. The van der Waals surface area contributed by atoms with Gasteiger partial charge in [-0.25, -0.2) is 8.78 Å². The smallest absolute Gasteiger partial charge is 0.198 e. The zero-order chi connectivity index (χ0) is 13.1. The number of rotatable bonds is 2. The van der Waals surface area contributed by atoms with Crippen molar-refractivity contribution in [3.05, 3.63) is 57.2 Å².